The van der Waals surface area contributed by atoms with Crippen LogP contribution in [0.2, 0.25) is 0 Å². The van der Waals surface area contributed by atoms with Crippen molar-refractivity contribution < 1.29 is 32.3 Å². The van der Waals surface area contributed by atoms with E-state index in [1.807, 2.05) is 0 Å². The van der Waals surface area contributed by atoms with Gasteiger partial charge in [-0.25, -0.2) is 0 Å². The van der Waals surface area contributed by atoms with Gasteiger partial charge in [0, 0.05) is 6.42 Å². The van der Waals surface area contributed by atoms with Gasteiger partial charge >= 0.3 is 28.3 Å². The Hall–Kier alpha value is 0.210. The van der Waals surface area contributed by atoms with Gasteiger partial charge in [0.05, 0.1) is 0 Å². The summed E-state index contributed by atoms with van der Waals surface area (Å²) >= 11 is 0. The Kier molecular flexibility index (Phi) is 9.09. The maximum Gasteiger partial charge on any atom is 1.00 e. The molecule has 0 fully saturated rings. The third-order valence-corrected chi connectivity index (χ3v) is 0.391. The predicted octanol–water partition coefficient (Wildman–Crippen LogP) is 0.683. The third kappa shape index (κ3) is 10.7. The van der Waals surface area contributed by atoms with Crippen molar-refractivity contribution in [3.8, 4) is 0 Å². The van der Waals surface area contributed by atoms with Crippen LogP contribution in [0.4, 0.5) is 0 Å². The molecule has 0 aromatic heterocycles. The van der Waals surface area contributed by atoms with Crippen LogP contribution in [0.1, 0.15) is 12.8 Å². The van der Waals surface area contributed by atoms with Gasteiger partial charge in [-0.2, -0.15) is 6.42 Å². The molecule has 0 rings (SSSR count). The maximum atomic E-state index is 9.56. The van der Waals surface area contributed by atoms with Crippen LogP contribution in [0.15, 0.2) is 0 Å². The molecule has 0 heterocycles. The van der Waals surface area contributed by atoms with Gasteiger partial charge in [-0.1, -0.05) is 0 Å². The second-order valence-corrected chi connectivity index (χ2v) is 0.997. The second-order valence-electron chi connectivity index (χ2n) is 0.997. The minimum absolute atomic E-state index is 0. The van der Waals surface area contributed by atoms with Crippen LogP contribution in [-0.4, -0.2) is 11.1 Å². The molecule has 2 nitrogen and oxygen atoms in total. The average Bonchev–Trinajstić information content (AvgIpc) is 1.35. The van der Waals surface area contributed by atoms with Crippen molar-refractivity contribution >= 4 is 5.97 Å². The average molecular weight is 284 g/mol. The second kappa shape index (κ2) is 6.21. The fourth-order valence-corrected chi connectivity index (χ4v) is 0.151. The van der Waals surface area contributed by atoms with E-state index in [1.54, 1.807) is 0 Å². The van der Waals surface area contributed by atoms with Crippen LogP contribution in [0.5, 0.6) is 0 Å². The monoisotopic (exact) mass is 284 g/mol. The number of carbonyl (C=O) groups is 1. The Labute approximate surface area is 58.4 Å². The van der Waals surface area contributed by atoms with E-state index in [4.69, 9.17) is 5.11 Å². The van der Waals surface area contributed by atoms with E-state index >= 15 is 0 Å². The number of carboxylic acid groups (broad SMARTS) is 1. The molecule has 1 N–H and O–H groups in total. The van der Waals surface area contributed by atoms with Crippen molar-refractivity contribution in [1.29, 1.82) is 0 Å². The van der Waals surface area contributed by atoms with Gasteiger partial charge < -0.3 is 12.0 Å². The van der Waals surface area contributed by atoms with Crippen LogP contribution in [-0.2, 0) is 27.2 Å². The molecule has 0 saturated carbocycles. The van der Waals surface area contributed by atoms with E-state index in [-0.39, 0.29) is 28.8 Å². The molecule has 0 aliphatic rings. The Morgan fingerprint density at radius 2 is 2.14 bits per heavy atom. The molecule has 0 bridgehead atoms. The van der Waals surface area contributed by atoms with Gasteiger partial charge in [-0.15, -0.1) is 0 Å². The van der Waals surface area contributed by atoms with E-state index < -0.39 is 5.97 Å². The summed E-state index contributed by atoms with van der Waals surface area (Å²) in [4.78, 5) is 9.56. The first-order valence-corrected chi connectivity index (χ1v) is 1.78. The molecular formula is C4H7AuO2. The van der Waals surface area contributed by atoms with Gasteiger partial charge in [0.2, 0.25) is 0 Å². The SMILES string of the molecule is [Au+].[CH2-]CCC(=O)O. The molecule has 7 heavy (non-hydrogen) atoms. The Morgan fingerprint density at radius 3 is 2.14 bits per heavy atom. The van der Waals surface area contributed by atoms with Crippen molar-refractivity contribution in [2.45, 2.75) is 12.8 Å². The van der Waals surface area contributed by atoms with Gasteiger partial charge in [0.25, 0.3) is 0 Å². The predicted molar refractivity (Wildman–Crippen MR) is 22.2 cm³/mol. The zero-order chi connectivity index (χ0) is 4.99. The summed E-state index contributed by atoms with van der Waals surface area (Å²) in [6, 6.07) is 0. The quantitative estimate of drug-likeness (QED) is 0.598. The largest absolute Gasteiger partial charge is 1.00 e. The Morgan fingerprint density at radius 1 is 1.71 bits per heavy atom. The zero-order valence-electron chi connectivity index (χ0n) is 3.78. The molecule has 0 aliphatic heterocycles. The molecular weight excluding hydrogens is 277 g/mol. The maximum absolute atomic E-state index is 9.56. The molecule has 0 radical (unpaired) electrons. The first kappa shape index (κ1) is 10.2. The molecule has 0 saturated heterocycles. The molecule has 0 aromatic rings. The smallest absolute Gasteiger partial charge is 0.481 e. The summed E-state index contributed by atoms with van der Waals surface area (Å²) in [6.07, 6.45) is 0.662. The molecule has 0 aliphatic carbocycles. The van der Waals surface area contributed by atoms with Gasteiger partial charge in [-0.05, 0) is 0 Å². The summed E-state index contributed by atoms with van der Waals surface area (Å²) < 4.78 is 0. The van der Waals surface area contributed by atoms with Crippen LogP contribution in [0.25, 0.3) is 0 Å². The normalized spacial score (nSPS) is 7.00. The standard InChI is InChI=1S/C4H7O2.Au/c1-2-3-4(5)6;/h1-3H2,(H,5,6);/q-1;+1. The third-order valence-electron chi connectivity index (χ3n) is 0.391. The van der Waals surface area contributed by atoms with E-state index in [1.165, 1.54) is 0 Å². The van der Waals surface area contributed by atoms with Gasteiger partial charge in [0.1, 0.15) is 0 Å². The Balaban J connectivity index is 0. The molecule has 0 atom stereocenters. The van der Waals surface area contributed by atoms with Crippen molar-refractivity contribution in [2.75, 3.05) is 0 Å². The number of hydrogen-bond acceptors (Lipinski definition) is 1. The summed E-state index contributed by atoms with van der Waals surface area (Å²) in [6.45, 7) is 3.34. The minimum Gasteiger partial charge on any atom is -0.481 e. The Bertz CT molecular complexity index is 53.7. The molecule has 3 heteroatoms. The van der Waals surface area contributed by atoms with E-state index in [0.29, 0.717) is 6.42 Å². The molecule has 0 unspecified atom stereocenters. The summed E-state index contributed by atoms with van der Waals surface area (Å²) in [7, 11) is 0. The van der Waals surface area contributed by atoms with Crippen LogP contribution < -0.4 is 0 Å². The van der Waals surface area contributed by atoms with Gasteiger partial charge in [0.15, 0.2) is 0 Å². The summed E-state index contributed by atoms with van der Waals surface area (Å²) in [5.41, 5.74) is 0. The number of hydrogen-bond donors (Lipinski definition) is 1. The summed E-state index contributed by atoms with van der Waals surface area (Å²) in [5, 5.41) is 7.87. The van der Waals surface area contributed by atoms with Crippen LogP contribution >= 0.6 is 0 Å². The van der Waals surface area contributed by atoms with Crippen molar-refractivity contribution in [3.63, 3.8) is 0 Å². The minimum atomic E-state index is -0.773. The van der Waals surface area contributed by atoms with Crippen molar-refractivity contribution in [3.05, 3.63) is 6.92 Å². The fourth-order valence-electron chi connectivity index (χ4n) is 0.151. The van der Waals surface area contributed by atoms with E-state index in [9.17, 15) is 4.79 Å². The summed E-state index contributed by atoms with van der Waals surface area (Å²) in [5.74, 6) is -0.773. The topological polar surface area (TPSA) is 37.3 Å². The molecule has 0 amide bonds. The van der Waals surface area contributed by atoms with E-state index in [2.05, 4.69) is 6.92 Å². The molecule has 46 valence electrons. The van der Waals surface area contributed by atoms with Crippen molar-refractivity contribution in [2.24, 2.45) is 0 Å². The van der Waals surface area contributed by atoms with Crippen molar-refractivity contribution in [1.82, 2.24) is 0 Å². The number of rotatable bonds is 2. The first-order valence-electron chi connectivity index (χ1n) is 1.78. The first-order chi connectivity index (χ1) is 2.77. The fraction of sp³-hybridized carbons (Fsp3) is 0.500. The number of aliphatic carboxylic acids is 1. The van der Waals surface area contributed by atoms with Gasteiger partial charge in [-0.3, -0.25) is 4.79 Å². The van der Waals surface area contributed by atoms with Crippen LogP contribution in [0.3, 0.4) is 0 Å². The van der Waals surface area contributed by atoms with Crippen LogP contribution in [0, 0.1) is 6.92 Å². The zero-order valence-corrected chi connectivity index (χ0v) is 5.94. The van der Waals surface area contributed by atoms with E-state index in [0.717, 1.165) is 0 Å². The molecule has 0 spiro atoms. The number of carboxylic acids is 1. The molecule has 0 aromatic carbocycles.